The quantitative estimate of drug-likeness (QED) is 0.673. The van der Waals surface area contributed by atoms with Gasteiger partial charge in [0.15, 0.2) is 0 Å². The Morgan fingerprint density at radius 1 is 1.37 bits per heavy atom. The van der Waals surface area contributed by atoms with Crippen LogP contribution in [0.1, 0.15) is 20.3 Å². The largest absolute Gasteiger partial charge is 0.453 e. The highest BCUT2D eigenvalue weighted by atomic mass is 16.5. The minimum Gasteiger partial charge on any atom is -0.453 e. The molecule has 0 aromatic carbocycles. The van der Waals surface area contributed by atoms with E-state index in [-0.39, 0.29) is 30.2 Å². The van der Waals surface area contributed by atoms with Crippen LogP contribution >= 0.6 is 0 Å². The molecule has 7 nitrogen and oxygen atoms in total. The average molecular weight is 271 g/mol. The Bertz CT molecular complexity index is 357. The first kappa shape index (κ1) is 15.3. The van der Waals surface area contributed by atoms with Crippen molar-refractivity contribution in [2.24, 2.45) is 5.92 Å². The monoisotopic (exact) mass is 271 g/mol. The lowest BCUT2D eigenvalue weighted by Crippen LogP contribution is -2.39. The van der Waals surface area contributed by atoms with Gasteiger partial charge in [-0.25, -0.2) is 4.79 Å². The first-order valence-electron chi connectivity index (χ1n) is 6.34. The number of likely N-dealkylation sites (tertiary alicyclic amines) is 1. The Hall–Kier alpha value is -1.79. The van der Waals surface area contributed by atoms with Crippen LogP contribution in [-0.2, 0) is 14.3 Å². The fourth-order valence-electron chi connectivity index (χ4n) is 1.97. The maximum Gasteiger partial charge on any atom is 0.406 e. The topological polar surface area (TPSA) is 87.7 Å². The van der Waals surface area contributed by atoms with Gasteiger partial charge in [-0.2, -0.15) is 0 Å². The summed E-state index contributed by atoms with van der Waals surface area (Å²) in [6, 6.07) is 0.117. The van der Waals surface area contributed by atoms with Crippen LogP contribution in [0.25, 0.3) is 0 Å². The first-order valence-corrected chi connectivity index (χ1v) is 6.34. The molecule has 0 bridgehead atoms. The van der Waals surface area contributed by atoms with E-state index in [4.69, 9.17) is 0 Å². The van der Waals surface area contributed by atoms with Gasteiger partial charge in [0.25, 0.3) is 0 Å². The summed E-state index contributed by atoms with van der Waals surface area (Å²) in [7, 11) is 1.28. The molecule has 0 aromatic heterocycles. The fourth-order valence-corrected chi connectivity index (χ4v) is 1.97. The molecule has 19 heavy (non-hydrogen) atoms. The van der Waals surface area contributed by atoms with E-state index in [2.05, 4.69) is 15.4 Å². The molecule has 1 unspecified atom stereocenters. The molecule has 0 radical (unpaired) electrons. The molecule has 1 aliphatic heterocycles. The Kier molecular flexibility index (Phi) is 5.59. The molecular formula is C12H21N3O4. The van der Waals surface area contributed by atoms with Crippen LogP contribution in [0.15, 0.2) is 0 Å². The number of rotatable bonds is 5. The zero-order valence-electron chi connectivity index (χ0n) is 11.6. The van der Waals surface area contributed by atoms with E-state index >= 15 is 0 Å². The SMILES string of the molecule is COC(=O)NCCNC(=O)C1CC(=O)N(C(C)C)C1. The van der Waals surface area contributed by atoms with Crippen LogP contribution in [0, 0.1) is 5.92 Å². The maximum atomic E-state index is 11.8. The smallest absolute Gasteiger partial charge is 0.406 e. The molecule has 1 atom stereocenters. The summed E-state index contributed by atoms with van der Waals surface area (Å²) in [4.78, 5) is 36.0. The number of hydrogen-bond acceptors (Lipinski definition) is 4. The standard InChI is InChI=1S/C12H21N3O4/c1-8(2)15-7-9(6-10(15)16)11(17)13-4-5-14-12(18)19-3/h8-9H,4-7H2,1-3H3,(H,13,17)(H,14,18). The summed E-state index contributed by atoms with van der Waals surface area (Å²) in [6.07, 6.45) is -0.273. The number of ether oxygens (including phenoxy) is 1. The van der Waals surface area contributed by atoms with Crippen molar-refractivity contribution >= 4 is 17.9 Å². The lowest BCUT2D eigenvalue weighted by molar-refractivity contribution is -0.129. The van der Waals surface area contributed by atoms with Crippen molar-refractivity contribution in [2.45, 2.75) is 26.3 Å². The van der Waals surface area contributed by atoms with E-state index in [1.165, 1.54) is 7.11 Å². The zero-order valence-corrected chi connectivity index (χ0v) is 11.6. The molecule has 1 fully saturated rings. The van der Waals surface area contributed by atoms with Gasteiger partial charge in [0, 0.05) is 32.1 Å². The summed E-state index contributed by atoms with van der Waals surface area (Å²) in [5, 5.41) is 5.16. The lowest BCUT2D eigenvalue weighted by atomic mass is 10.1. The average Bonchev–Trinajstić information content (AvgIpc) is 2.76. The second-order valence-electron chi connectivity index (χ2n) is 4.75. The van der Waals surface area contributed by atoms with Crippen LogP contribution in [0.2, 0.25) is 0 Å². The number of nitrogens with zero attached hydrogens (tertiary/aromatic N) is 1. The van der Waals surface area contributed by atoms with Crippen molar-refractivity contribution in [3.8, 4) is 0 Å². The molecule has 7 heteroatoms. The summed E-state index contributed by atoms with van der Waals surface area (Å²) >= 11 is 0. The number of hydrogen-bond donors (Lipinski definition) is 2. The van der Waals surface area contributed by atoms with Gasteiger partial charge in [0.05, 0.1) is 13.0 Å². The van der Waals surface area contributed by atoms with E-state index < -0.39 is 6.09 Å². The second kappa shape index (κ2) is 6.96. The summed E-state index contributed by atoms with van der Waals surface area (Å²) < 4.78 is 4.40. The van der Waals surface area contributed by atoms with Gasteiger partial charge in [0.1, 0.15) is 0 Å². The predicted octanol–water partition coefficient (Wildman–Crippen LogP) is -0.284. The molecule has 0 spiro atoms. The number of methoxy groups -OCH3 is 1. The Labute approximate surface area is 112 Å². The summed E-state index contributed by atoms with van der Waals surface area (Å²) in [5.41, 5.74) is 0. The minimum absolute atomic E-state index is 0.0165. The third-order valence-electron chi connectivity index (χ3n) is 3.03. The summed E-state index contributed by atoms with van der Waals surface area (Å²) in [6.45, 7) is 4.94. The zero-order chi connectivity index (χ0) is 14.4. The van der Waals surface area contributed by atoms with Gasteiger partial charge in [-0.05, 0) is 13.8 Å². The molecule has 1 heterocycles. The first-order chi connectivity index (χ1) is 8.95. The molecule has 0 saturated carbocycles. The van der Waals surface area contributed by atoms with Crippen LogP contribution in [0.4, 0.5) is 4.79 Å². The lowest BCUT2D eigenvalue weighted by Gasteiger charge is -2.20. The predicted molar refractivity (Wildman–Crippen MR) is 68.4 cm³/mol. The van der Waals surface area contributed by atoms with E-state index in [9.17, 15) is 14.4 Å². The number of carbonyl (C=O) groups excluding carboxylic acids is 3. The van der Waals surface area contributed by atoms with Gasteiger partial charge in [-0.3, -0.25) is 9.59 Å². The number of amides is 3. The van der Waals surface area contributed by atoms with Crippen molar-refractivity contribution in [3.63, 3.8) is 0 Å². The molecule has 1 rings (SSSR count). The third kappa shape index (κ3) is 4.42. The highest BCUT2D eigenvalue weighted by molar-refractivity contribution is 5.89. The van der Waals surface area contributed by atoms with Crippen LogP contribution < -0.4 is 10.6 Å². The van der Waals surface area contributed by atoms with Crippen molar-refractivity contribution < 1.29 is 19.1 Å². The third-order valence-corrected chi connectivity index (χ3v) is 3.03. The molecular weight excluding hydrogens is 250 g/mol. The van der Waals surface area contributed by atoms with Gasteiger partial charge in [-0.15, -0.1) is 0 Å². The van der Waals surface area contributed by atoms with Crippen LogP contribution in [0.3, 0.4) is 0 Å². The van der Waals surface area contributed by atoms with Crippen LogP contribution in [0.5, 0.6) is 0 Å². The fraction of sp³-hybridized carbons (Fsp3) is 0.750. The Morgan fingerprint density at radius 2 is 2.00 bits per heavy atom. The van der Waals surface area contributed by atoms with E-state index in [1.807, 2.05) is 13.8 Å². The van der Waals surface area contributed by atoms with Gasteiger partial charge in [0.2, 0.25) is 11.8 Å². The van der Waals surface area contributed by atoms with Gasteiger partial charge < -0.3 is 20.3 Å². The Morgan fingerprint density at radius 3 is 2.53 bits per heavy atom. The van der Waals surface area contributed by atoms with Crippen molar-refractivity contribution in [3.05, 3.63) is 0 Å². The Balaban J connectivity index is 2.28. The number of carbonyl (C=O) groups is 3. The van der Waals surface area contributed by atoms with E-state index in [1.54, 1.807) is 4.90 Å². The minimum atomic E-state index is -0.531. The number of alkyl carbamates (subject to hydrolysis) is 1. The number of nitrogens with one attached hydrogen (secondary N) is 2. The van der Waals surface area contributed by atoms with Gasteiger partial charge in [-0.1, -0.05) is 0 Å². The van der Waals surface area contributed by atoms with Crippen molar-refractivity contribution in [1.82, 2.24) is 15.5 Å². The molecule has 1 saturated heterocycles. The van der Waals surface area contributed by atoms with Gasteiger partial charge >= 0.3 is 6.09 Å². The molecule has 3 amide bonds. The molecule has 0 aromatic rings. The normalized spacial score (nSPS) is 18.6. The highest BCUT2D eigenvalue weighted by Crippen LogP contribution is 2.19. The van der Waals surface area contributed by atoms with Crippen molar-refractivity contribution in [1.29, 1.82) is 0 Å². The molecule has 1 aliphatic rings. The van der Waals surface area contributed by atoms with Crippen LogP contribution in [-0.4, -0.2) is 55.6 Å². The second-order valence-corrected chi connectivity index (χ2v) is 4.75. The maximum absolute atomic E-state index is 11.8. The van der Waals surface area contributed by atoms with Crippen molar-refractivity contribution in [2.75, 3.05) is 26.7 Å². The highest BCUT2D eigenvalue weighted by Gasteiger charge is 2.35. The molecule has 108 valence electrons. The molecule has 0 aliphatic carbocycles. The molecule has 2 N–H and O–H groups in total. The van der Waals surface area contributed by atoms with E-state index in [0.717, 1.165) is 0 Å². The summed E-state index contributed by atoms with van der Waals surface area (Å²) in [5.74, 6) is -0.431. The van der Waals surface area contributed by atoms with E-state index in [0.29, 0.717) is 19.6 Å².